The van der Waals surface area contributed by atoms with Crippen molar-refractivity contribution in [1.29, 1.82) is 0 Å². The van der Waals surface area contributed by atoms with Gasteiger partial charge in [0.05, 0.1) is 5.70 Å². The third-order valence-electron chi connectivity index (χ3n) is 5.40. The largest absolute Gasteiger partial charge is 0.369 e. The molecule has 0 spiro atoms. The van der Waals surface area contributed by atoms with E-state index >= 15 is 0 Å². The van der Waals surface area contributed by atoms with Crippen molar-refractivity contribution in [3.05, 3.63) is 47.3 Å². The van der Waals surface area contributed by atoms with Gasteiger partial charge in [-0.05, 0) is 44.9 Å². The summed E-state index contributed by atoms with van der Waals surface area (Å²) in [6.45, 7) is 11.8. The Morgan fingerprint density at radius 2 is 1.88 bits per heavy atom. The first-order valence-corrected chi connectivity index (χ1v) is 9.31. The number of allylic oxidation sites excluding steroid dienone is 5. The van der Waals surface area contributed by atoms with Gasteiger partial charge in [0.1, 0.15) is 0 Å². The molecule has 2 aliphatic rings. The van der Waals surface area contributed by atoms with Crippen LogP contribution in [-0.4, -0.2) is 23.7 Å². The van der Waals surface area contributed by atoms with Crippen LogP contribution in [0.2, 0.25) is 0 Å². The Morgan fingerprint density at radius 1 is 1.12 bits per heavy atom. The summed E-state index contributed by atoms with van der Waals surface area (Å²) in [4.78, 5) is 7.21. The van der Waals surface area contributed by atoms with E-state index in [-0.39, 0.29) is 5.54 Å². The Hall–Kier alpha value is -1.57. The molecule has 0 saturated heterocycles. The van der Waals surface area contributed by atoms with Gasteiger partial charge in [0.25, 0.3) is 0 Å². The van der Waals surface area contributed by atoms with Gasteiger partial charge in [0.15, 0.2) is 0 Å². The Kier molecular flexibility index (Phi) is 5.90. The van der Waals surface area contributed by atoms with Crippen LogP contribution in [0.1, 0.15) is 66.7 Å². The number of nitrogens with zero attached hydrogens (tertiary/aromatic N) is 2. The number of rotatable bonds is 5. The normalized spacial score (nSPS) is 18.7. The van der Waals surface area contributed by atoms with Crippen LogP contribution in [0.4, 0.5) is 0 Å². The van der Waals surface area contributed by atoms with E-state index in [2.05, 4.69) is 83.2 Å². The zero-order valence-corrected chi connectivity index (χ0v) is 16.4. The van der Waals surface area contributed by atoms with Gasteiger partial charge in [-0.2, -0.15) is 0 Å². The molecule has 0 unspecified atom stereocenters. The highest BCUT2D eigenvalue weighted by molar-refractivity contribution is 5.64. The van der Waals surface area contributed by atoms with Crippen molar-refractivity contribution >= 4 is 6.21 Å². The van der Waals surface area contributed by atoms with Gasteiger partial charge in [-0.25, -0.2) is 0 Å². The predicted molar refractivity (Wildman–Crippen MR) is 106 cm³/mol. The molecule has 0 saturated carbocycles. The van der Waals surface area contributed by atoms with Crippen molar-refractivity contribution in [1.82, 2.24) is 4.90 Å². The van der Waals surface area contributed by atoms with Gasteiger partial charge in [-0.1, -0.05) is 57.6 Å². The summed E-state index contributed by atoms with van der Waals surface area (Å²) >= 11 is 0. The summed E-state index contributed by atoms with van der Waals surface area (Å²) in [7, 11) is 2.25. The monoisotopic (exact) mass is 326 g/mol. The number of fused-ring (bicyclic) bond motifs is 1. The molecule has 0 bridgehead atoms. The van der Waals surface area contributed by atoms with E-state index < -0.39 is 0 Å². The smallest absolute Gasteiger partial charge is 0.0682 e. The van der Waals surface area contributed by atoms with E-state index in [1.807, 2.05) is 0 Å². The molecule has 0 amide bonds. The maximum absolute atomic E-state index is 4.73. The number of hydrogen-bond donors (Lipinski definition) is 0. The lowest BCUT2D eigenvalue weighted by Crippen LogP contribution is -2.44. The third kappa shape index (κ3) is 4.49. The van der Waals surface area contributed by atoms with Crippen LogP contribution >= 0.6 is 0 Å². The van der Waals surface area contributed by atoms with Crippen LogP contribution in [0.5, 0.6) is 0 Å². The van der Waals surface area contributed by atoms with E-state index in [4.69, 9.17) is 4.99 Å². The quantitative estimate of drug-likeness (QED) is 0.601. The standard InChI is InChI=1S/C22H34N2/c1-7-21(2,3)17-22(4,5)24(6)20-15-11-12-16-23-19-14-10-8-9-13-18(19)20/h8-9,13-16H,7,10-12,17H2,1-6H3. The molecule has 1 aliphatic carbocycles. The zero-order chi connectivity index (χ0) is 17.8. The minimum atomic E-state index is 0.0935. The Morgan fingerprint density at radius 3 is 2.58 bits per heavy atom. The van der Waals surface area contributed by atoms with Gasteiger partial charge in [-0.3, -0.25) is 4.99 Å². The second-order valence-electron chi connectivity index (χ2n) is 8.38. The highest BCUT2D eigenvalue weighted by atomic mass is 15.2. The van der Waals surface area contributed by atoms with Crippen molar-refractivity contribution in [2.75, 3.05) is 7.05 Å². The Balaban J connectivity index is 2.36. The van der Waals surface area contributed by atoms with Crippen molar-refractivity contribution in [3.8, 4) is 0 Å². The molecule has 0 N–H and O–H groups in total. The summed E-state index contributed by atoms with van der Waals surface area (Å²) in [6.07, 6.45) is 18.7. The average molecular weight is 327 g/mol. The van der Waals surface area contributed by atoms with Crippen LogP contribution in [0.15, 0.2) is 52.3 Å². The summed E-state index contributed by atoms with van der Waals surface area (Å²) in [6, 6.07) is 0. The molecule has 1 heterocycles. The van der Waals surface area contributed by atoms with E-state index in [1.54, 1.807) is 0 Å². The molecule has 2 heteroatoms. The second kappa shape index (κ2) is 7.55. The van der Waals surface area contributed by atoms with Crippen LogP contribution in [0.3, 0.4) is 0 Å². The lowest BCUT2D eigenvalue weighted by Gasteiger charge is -2.44. The lowest BCUT2D eigenvalue weighted by molar-refractivity contribution is 0.126. The van der Waals surface area contributed by atoms with Crippen LogP contribution in [0.25, 0.3) is 0 Å². The molecule has 0 atom stereocenters. The first kappa shape index (κ1) is 18.8. The fraction of sp³-hybridized carbons (Fsp3) is 0.591. The topological polar surface area (TPSA) is 15.6 Å². The fourth-order valence-corrected chi connectivity index (χ4v) is 3.58. The Bertz CT molecular complexity index is 597. The molecule has 0 fully saturated rings. The van der Waals surface area contributed by atoms with E-state index in [0.29, 0.717) is 5.41 Å². The van der Waals surface area contributed by atoms with E-state index in [0.717, 1.165) is 31.4 Å². The lowest BCUT2D eigenvalue weighted by atomic mass is 9.77. The van der Waals surface area contributed by atoms with Crippen molar-refractivity contribution in [2.24, 2.45) is 10.4 Å². The molecule has 2 rings (SSSR count). The fourth-order valence-electron chi connectivity index (χ4n) is 3.58. The second-order valence-corrected chi connectivity index (χ2v) is 8.38. The molecular formula is C22H34N2. The molecule has 0 aromatic carbocycles. The summed E-state index contributed by atoms with van der Waals surface area (Å²) in [5.41, 5.74) is 4.12. The molecule has 1 aliphatic heterocycles. The SMILES string of the molecule is CCC(C)(C)CC(C)(C)N(C)C1=CCCC=NC2=CCC=CC=C21. The van der Waals surface area contributed by atoms with E-state index in [9.17, 15) is 0 Å². The van der Waals surface area contributed by atoms with Crippen LogP contribution in [-0.2, 0) is 0 Å². The van der Waals surface area contributed by atoms with Gasteiger partial charge >= 0.3 is 0 Å². The predicted octanol–water partition coefficient (Wildman–Crippen LogP) is 6.04. The Labute approximate surface area is 148 Å². The van der Waals surface area contributed by atoms with Crippen molar-refractivity contribution in [2.45, 2.75) is 72.3 Å². The van der Waals surface area contributed by atoms with Gasteiger partial charge in [0.2, 0.25) is 0 Å². The summed E-state index contributed by atoms with van der Waals surface area (Å²) in [5.74, 6) is 0. The minimum absolute atomic E-state index is 0.0935. The zero-order valence-electron chi connectivity index (χ0n) is 16.4. The maximum Gasteiger partial charge on any atom is 0.0682 e. The molecular weight excluding hydrogens is 292 g/mol. The van der Waals surface area contributed by atoms with Crippen LogP contribution < -0.4 is 0 Å². The number of likely N-dealkylation sites (N-methyl/N-ethyl adjacent to an activating group) is 1. The molecule has 0 aromatic rings. The van der Waals surface area contributed by atoms with Crippen LogP contribution in [0, 0.1) is 5.41 Å². The summed E-state index contributed by atoms with van der Waals surface area (Å²) < 4.78 is 0. The number of hydrogen-bond acceptors (Lipinski definition) is 2. The molecule has 132 valence electrons. The van der Waals surface area contributed by atoms with Crippen molar-refractivity contribution < 1.29 is 0 Å². The first-order chi connectivity index (χ1) is 11.3. The van der Waals surface area contributed by atoms with Crippen molar-refractivity contribution in [3.63, 3.8) is 0 Å². The van der Waals surface area contributed by atoms with Gasteiger partial charge < -0.3 is 4.90 Å². The van der Waals surface area contributed by atoms with Gasteiger partial charge in [0, 0.05) is 30.1 Å². The highest BCUT2D eigenvalue weighted by Crippen LogP contribution is 2.38. The maximum atomic E-state index is 4.73. The van der Waals surface area contributed by atoms with E-state index in [1.165, 1.54) is 17.7 Å². The van der Waals surface area contributed by atoms with Gasteiger partial charge in [-0.15, -0.1) is 0 Å². The molecule has 24 heavy (non-hydrogen) atoms. The minimum Gasteiger partial charge on any atom is -0.369 e. The average Bonchev–Trinajstić information content (AvgIpc) is 2.71. The number of aliphatic imine (C=N–C) groups is 1. The third-order valence-corrected chi connectivity index (χ3v) is 5.40. The molecule has 0 aromatic heterocycles. The first-order valence-electron chi connectivity index (χ1n) is 9.31. The molecule has 0 radical (unpaired) electrons. The highest BCUT2D eigenvalue weighted by Gasteiger charge is 2.33. The summed E-state index contributed by atoms with van der Waals surface area (Å²) in [5, 5.41) is 0. The molecule has 2 nitrogen and oxygen atoms in total.